The Labute approximate surface area is 121 Å². The standard InChI is InChI=1S/C18H15FO2/c19-13-6-8-16-12(9-13)10-17(21-16)18(20)15-7-5-11-3-1-2-4-14(11)15/h1-4,6,8-10,15,18,20H,5,7H2. The van der Waals surface area contributed by atoms with Crippen LogP contribution in [0.5, 0.6) is 0 Å². The highest BCUT2D eigenvalue weighted by atomic mass is 19.1. The van der Waals surface area contributed by atoms with Gasteiger partial charge in [0, 0.05) is 11.3 Å². The van der Waals surface area contributed by atoms with Gasteiger partial charge in [-0.3, -0.25) is 0 Å². The van der Waals surface area contributed by atoms with Gasteiger partial charge in [-0.2, -0.15) is 0 Å². The number of aliphatic hydroxyl groups is 1. The number of hydrogen-bond acceptors (Lipinski definition) is 2. The van der Waals surface area contributed by atoms with Gasteiger partial charge in [-0.25, -0.2) is 4.39 Å². The first-order chi connectivity index (χ1) is 10.2. The van der Waals surface area contributed by atoms with Gasteiger partial charge in [0.15, 0.2) is 0 Å². The van der Waals surface area contributed by atoms with Crippen molar-refractivity contribution in [3.05, 3.63) is 71.2 Å². The van der Waals surface area contributed by atoms with Crippen molar-refractivity contribution >= 4 is 11.0 Å². The fraction of sp³-hybridized carbons (Fsp3) is 0.222. The number of aryl methyl sites for hydroxylation is 1. The van der Waals surface area contributed by atoms with E-state index >= 15 is 0 Å². The molecule has 2 atom stereocenters. The first kappa shape index (κ1) is 12.6. The van der Waals surface area contributed by atoms with E-state index in [0.717, 1.165) is 12.8 Å². The molecule has 1 N–H and O–H groups in total. The number of rotatable bonds is 2. The minimum Gasteiger partial charge on any atom is -0.458 e. The zero-order chi connectivity index (χ0) is 14.4. The van der Waals surface area contributed by atoms with E-state index in [-0.39, 0.29) is 11.7 Å². The van der Waals surface area contributed by atoms with E-state index in [0.29, 0.717) is 16.7 Å². The highest BCUT2D eigenvalue weighted by molar-refractivity contribution is 5.78. The van der Waals surface area contributed by atoms with Crippen LogP contribution in [0.25, 0.3) is 11.0 Å². The van der Waals surface area contributed by atoms with Gasteiger partial charge < -0.3 is 9.52 Å². The van der Waals surface area contributed by atoms with Crippen LogP contribution in [-0.4, -0.2) is 5.11 Å². The summed E-state index contributed by atoms with van der Waals surface area (Å²) < 4.78 is 18.9. The number of benzene rings is 2. The predicted octanol–water partition coefficient (Wildman–Crippen LogP) is 4.34. The second-order valence-corrected chi connectivity index (χ2v) is 5.62. The average molecular weight is 282 g/mol. The summed E-state index contributed by atoms with van der Waals surface area (Å²) in [4.78, 5) is 0. The molecule has 3 aromatic rings. The molecule has 2 nitrogen and oxygen atoms in total. The van der Waals surface area contributed by atoms with Crippen LogP contribution in [0.2, 0.25) is 0 Å². The summed E-state index contributed by atoms with van der Waals surface area (Å²) in [7, 11) is 0. The molecule has 0 fully saturated rings. The van der Waals surface area contributed by atoms with Crippen LogP contribution in [-0.2, 0) is 6.42 Å². The molecule has 0 radical (unpaired) electrons. The van der Waals surface area contributed by atoms with Crippen LogP contribution in [0.4, 0.5) is 4.39 Å². The Hall–Kier alpha value is -2.13. The monoisotopic (exact) mass is 282 g/mol. The first-order valence-corrected chi connectivity index (χ1v) is 7.17. The molecule has 0 aliphatic heterocycles. The van der Waals surface area contributed by atoms with Crippen molar-refractivity contribution in [2.24, 2.45) is 0 Å². The Morgan fingerprint density at radius 2 is 2.00 bits per heavy atom. The summed E-state index contributed by atoms with van der Waals surface area (Å²) in [5.74, 6) is 0.263. The first-order valence-electron chi connectivity index (χ1n) is 7.17. The molecule has 2 unspecified atom stereocenters. The molecule has 4 rings (SSSR count). The smallest absolute Gasteiger partial charge is 0.134 e. The maximum Gasteiger partial charge on any atom is 0.134 e. The Morgan fingerprint density at radius 1 is 1.14 bits per heavy atom. The Bertz CT molecular complexity index is 806. The molecular weight excluding hydrogens is 267 g/mol. The third-order valence-electron chi connectivity index (χ3n) is 4.35. The third kappa shape index (κ3) is 2.05. The van der Waals surface area contributed by atoms with E-state index in [9.17, 15) is 9.50 Å². The van der Waals surface area contributed by atoms with Gasteiger partial charge in [0.05, 0.1) is 0 Å². The molecule has 0 saturated carbocycles. The Morgan fingerprint density at radius 3 is 2.90 bits per heavy atom. The van der Waals surface area contributed by atoms with E-state index in [2.05, 4.69) is 12.1 Å². The van der Waals surface area contributed by atoms with Gasteiger partial charge in [0.25, 0.3) is 0 Å². The van der Waals surface area contributed by atoms with Gasteiger partial charge in [-0.15, -0.1) is 0 Å². The zero-order valence-electron chi connectivity index (χ0n) is 11.4. The Balaban J connectivity index is 1.72. The van der Waals surface area contributed by atoms with E-state index < -0.39 is 6.10 Å². The molecule has 1 heterocycles. The molecule has 21 heavy (non-hydrogen) atoms. The van der Waals surface area contributed by atoms with Crippen molar-refractivity contribution in [2.75, 3.05) is 0 Å². The molecule has 1 aliphatic carbocycles. The van der Waals surface area contributed by atoms with Gasteiger partial charge in [0.2, 0.25) is 0 Å². The lowest BCUT2D eigenvalue weighted by atomic mass is 9.94. The van der Waals surface area contributed by atoms with Crippen molar-refractivity contribution in [1.29, 1.82) is 0 Å². The molecule has 106 valence electrons. The molecule has 0 amide bonds. The summed E-state index contributed by atoms with van der Waals surface area (Å²) in [6, 6.07) is 14.3. The van der Waals surface area contributed by atoms with Crippen molar-refractivity contribution in [2.45, 2.75) is 24.9 Å². The topological polar surface area (TPSA) is 33.4 Å². The number of fused-ring (bicyclic) bond motifs is 2. The number of aliphatic hydroxyl groups excluding tert-OH is 1. The molecule has 0 spiro atoms. The molecule has 1 aromatic heterocycles. The molecule has 2 aromatic carbocycles. The van der Waals surface area contributed by atoms with Gasteiger partial charge in [0.1, 0.15) is 23.3 Å². The lowest BCUT2D eigenvalue weighted by molar-refractivity contribution is 0.121. The largest absolute Gasteiger partial charge is 0.458 e. The zero-order valence-corrected chi connectivity index (χ0v) is 11.4. The quantitative estimate of drug-likeness (QED) is 0.758. The molecule has 0 bridgehead atoms. The second-order valence-electron chi connectivity index (χ2n) is 5.62. The SMILES string of the molecule is OC(c1cc2cc(F)ccc2o1)C1CCc2ccccc21. The van der Waals surface area contributed by atoms with Crippen LogP contribution in [0.15, 0.2) is 52.9 Å². The van der Waals surface area contributed by atoms with Crippen molar-refractivity contribution < 1.29 is 13.9 Å². The van der Waals surface area contributed by atoms with Gasteiger partial charge in [-0.05, 0) is 48.2 Å². The number of halogens is 1. The lowest BCUT2D eigenvalue weighted by Crippen LogP contribution is -2.07. The fourth-order valence-electron chi connectivity index (χ4n) is 3.30. The number of hydrogen-bond donors (Lipinski definition) is 1. The lowest BCUT2D eigenvalue weighted by Gasteiger charge is -2.17. The normalized spacial score (nSPS) is 18.9. The van der Waals surface area contributed by atoms with Gasteiger partial charge >= 0.3 is 0 Å². The van der Waals surface area contributed by atoms with Crippen LogP contribution in [0.1, 0.15) is 35.3 Å². The minimum absolute atomic E-state index is 0.0478. The predicted molar refractivity (Wildman–Crippen MR) is 78.6 cm³/mol. The summed E-state index contributed by atoms with van der Waals surface area (Å²) >= 11 is 0. The van der Waals surface area contributed by atoms with Crippen LogP contribution in [0.3, 0.4) is 0 Å². The van der Waals surface area contributed by atoms with E-state index in [4.69, 9.17) is 4.42 Å². The Kier molecular flexibility index (Phi) is 2.82. The van der Waals surface area contributed by atoms with Gasteiger partial charge in [-0.1, -0.05) is 24.3 Å². The maximum atomic E-state index is 13.2. The van der Waals surface area contributed by atoms with E-state index in [1.165, 1.54) is 23.3 Å². The summed E-state index contributed by atoms with van der Waals surface area (Å²) in [6.45, 7) is 0. The maximum absolute atomic E-state index is 13.2. The summed E-state index contributed by atoms with van der Waals surface area (Å²) in [5.41, 5.74) is 3.09. The number of furan rings is 1. The van der Waals surface area contributed by atoms with E-state index in [1.54, 1.807) is 12.1 Å². The van der Waals surface area contributed by atoms with Crippen LogP contribution >= 0.6 is 0 Å². The highest BCUT2D eigenvalue weighted by Crippen LogP contribution is 2.42. The van der Waals surface area contributed by atoms with Crippen LogP contribution in [0, 0.1) is 5.82 Å². The van der Waals surface area contributed by atoms with Crippen LogP contribution < -0.4 is 0 Å². The second kappa shape index (κ2) is 4.71. The fourth-order valence-corrected chi connectivity index (χ4v) is 3.30. The molecule has 1 aliphatic rings. The van der Waals surface area contributed by atoms with Crippen molar-refractivity contribution in [3.8, 4) is 0 Å². The highest BCUT2D eigenvalue weighted by Gasteiger charge is 2.31. The molecule has 3 heteroatoms. The van der Waals surface area contributed by atoms with E-state index in [1.807, 2.05) is 12.1 Å². The average Bonchev–Trinajstić information content (AvgIpc) is 3.09. The summed E-state index contributed by atoms with van der Waals surface area (Å²) in [5, 5.41) is 11.3. The minimum atomic E-state index is -0.691. The summed E-state index contributed by atoms with van der Waals surface area (Å²) in [6.07, 6.45) is 1.20. The third-order valence-corrected chi connectivity index (χ3v) is 4.35. The van der Waals surface area contributed by atoms with Crippen molar-refractivity contribution in [3.63, 3.8) is 0 Å². The molecular formula is C18H15FO2. The van der Waals surface area contributed by atoms with Crippen molar-refractivity contribution in [1.82, 2.24) is 0 Å². The molecule has 0 saturated heterocycles.